The molecule has 1 heterocycles. The molecule has 2 unspecified atom stereocenters. The second-order valence-electron chi connectivity index (χ2n) is 7.14. The number of halogens is 8. The predicted octanol–water partition coefficient (Wildman–Crippen LogP) is 5.36. The van der Waals surface area contributed by atoms with Crippen molar-refractivity contribution in [3.05, 3.63) is 57.6 Å². The normalized spacial score (nSPS) is 23.4. The summed E-state index contributed by atoms with van der Waals surface area (Å²) in [5, 5.41) is 3.60. The highest BCUT2D eigenvalue weighted by Gasteiger charge is 2.62. The first-order chi connectivity index (χ1) is 14.8. The smallest absolute Gasteiger partial charge is 0.374 e. The van der Waals surface area contributed by atoms with E-state index in [2.05, 4.69) is 10.6 Å². The lowest BCUT2D eigenvalue weighted by atomic mass is 9.85. The van der Waals surface area contributed by atoms with Crippen molar-refractivity contribution < 1.29 is 36.0 Å². The van der Waals surface area contributed by atoms with Gasteiger partial charge in [0.2, 0.25) is 5.91 Å². The van der Waals surface area contributed by atoms with Crippen molar-refractivity contribution in [2.24, 2.45) is 5.16 Å². The zero-order chi connectivity index (χ0) is 23.7. The molecule has 174 valence electrons. The van der Waals surface area contributed by atoms with Gasteiger partial charge in [-0.25, -0.2) is 5.43 Å². The van der Waals surface area contributed by atoms with Gasteiger partial charge >= 0.3 is 12.4 Å². The number of nitrogens with one attached hydrogen (secondary N) is 2. The van der Waals surface area contributed by atoms with Gasteiger partial charge in [0.25, 0.3) is 5.60 Å². The monoisotopic (exact) mass is 501 g/mol. The number of carbonyl (C=O) groups is 1. The summed E-state index contributed by atoms with van der Waals surface area (Å²) in [7, 11) is 0. The molecule has 0 saturated carbocycles. The maximum Gasteiger partial charge on any atom is 0.435 e. The van der Waals surface area contributed by atoms with Crippen LogP contribution in [0.2, 0.25) is 10.0 Å². The number of hydrogen-bond acceptors (Lipinski definition) is 4. The van der Waals surface area contributed by atoms with Crippen molar-refractivity contribution in [3.8, 4) is 0 Å². The molecule has 1 aromatic carbocycles. The van der Waals surface area contributed by atoms with Crippen LogP contribution in [-0.4, -0.2) is 30.0 Å². The molecule has 5 nitrogen and oxygen atoms in total. The second kappa shape index (κ2) is 8.95. The van der Waals surface area contributed by atoms with E-state index in [1.807, 2.05) is 5.43 Å². The van der Waals surface area contributed by atoms with E-state index in [1.54, 1.807) is 6.08 Å². The van der Waals surface area contributed by atoms with E-state index >= 15 is 0 Å². The van der Waals surface area contributed by atoms with Crippen molar-refractivity contribution in [1.29, 1.82) is 0 Å². The Morgan fingerprint density at radius 1 is 1.16 bits per heavy atom. The van der Waals surface area contributed by atoms with Gasteiger partial charge in [0.05, 0.1) is 5.71 Å². The minimum absolute atomic E-state index is 0.0104. The zero-order valence-corrected chi connectivity index (χ0v) is 17.5. The van der Waals surface area contributed by atoms with Gasteiger partial charge in [0.1, 0.15) is 6.42 Å². The standard InChI is InChI=1S/C19H15Cl2F6N3O2/c20-12-5-11(6-13(21)7-12)17(19(25,26)27)8-15(30-32-17)10-2-1-3-14(4-10)28-29-16(31)9-18(22,23)24/h1-2,4-7,14,28H,3,8-9H2,(H,29,31). The molecular weight excluding hydrogens is 487 g/mol. The van der Waals surface area contributed by atoms with Crippen molar-refractivity contribution in [2.45, 2.75) is 43.3 Å². The number of hydrogen-bond donors (Lipinski definition) is 2. The Kier molecular flexibility index (Phi) is 6.83. The zero-order valence-electron chi connectivity index (χ0n) is 16.0. The molecule has 0 saturated heterocycles. The number of alkyl halides is 6. The number of carbonyl (C=O) groups excluding carboxylic acids is 1. The maximum absolute atomic E-state index is 14.1. The van der Waals surface area contributed by atoms with E-state index in [0.717, 1.165) is 12.1 Å². The summed E-state index contributed by atoms with van der Waals surface area (Å²) in [5.74, 6) is -1.29. The predicted molar refractivity (Wildman–Crippen MR) is 105 cm³/mol. The first-order valence-corrected chi connectivity index (χ1v) is 9.83. The third-order valence-corrected chi connectivity index (χ3v) is 5.11. The topological polar surface area (TPSA) is 62.7 Å². The summed E-state index contributed by atoms with van der Waals surface area (Å²) in [6.45, 7) is 0. The molecule has 1 aliphatic heterocycles. The first-order valence-electron chi connectivity index (χ1n) is 9.07. The summed E-state index contributed by atoms with van der Waals surface area (Å²) in [6, 6.07) is 2.79. The van der Waals surface area contributed by atoms with Crippen LogP contribution in [0.4, 0.5) is 26.3 Å². The highest BCUT2D eigenvalue weighted by Crippen LogP contribution is 2.50. The molecule has 1 aliphatic carbocycles. The summed E-state index contributed by atoms with van der Waals surface area (Å²) in [4.78, 5) is 16.2. The average molecular weight is 502 g/mol. The lowest BCUT2D eigenvalue weighted by Gasteiger charge is -2.29. The largest absolute Gasteiger partial charge is 0.435 e. The van der Waals surface area contributed by atoms with Crippen LogP contribution in [-0.2, 0) is 15.2 Å². The van der Waals surface area contributed by atoms with Gasteiger partial charge in [-0.3, -0.25) is 10.2 Å². The van der Waals surface area contributed by atoms with Crippen molar-refractivity contribution in [2.75, 3.05) is 0 Å². The molecule has 13 heteroatoms. The Labute approximate surface area is 188 Å². The summed E-state index contributed by atoms with van der Waals surface area (Å²) < 4.78 is 78.9. The van der Waals surface area contributed by atoms with Gasteiger partial charge < -0.3 is 4.84 Å². The third kappa shape index (κ3) is 5.57. The second-order valence-corrected chi connectivity index (χ2v) is 8.01. The van der Waals surface area contributed by atoms with E-state index < -0.39 is 42.7 Å². The van der Waals surface area contributed by atoms with E-state index in [1.165, 1.54) is 18.2 Å². The van der Waals surface area contributed by atoms with E-state index in [4.69, 9.17) is 28.0 Å². The molecule has 3 rings (SSSR count). The van der Waals surface area contributed by atoms with Crippen LogP contribution >= 0.6 is 23.2 Å². The SMILES string of the molecule is O=C(CC(F)(F)F)NNC1C=C(C2=NOC(c3cc(Cl)cc(Cl)c3)(C(F)(F)F)C2)C=CC1. The number of allylic oxidation sites excluding steroid dienone is 2. The van der Waals surface area contributed by atoms with Crippen LogP contribution in [0, 0.1) is 0 Å². The fourth-order valence-corrected chi connectivity index (χ4v) is 3.75. The highest BCUT2D eigenvalue weighted by molar-refractivity contribution is 6.34. The van der Waals surface area contributed by atoms with Gasteiger partial charge in [-0.05, 0) is 30.2 Å². The molecule has 1 aromatic rings. The molecule has 2 N–H and O–H groups in total. The van der Waals surface area contributed by atoms with E-state index in [-0.39, 0.29) is 33.3 Å². The van der Waals surface area contributed by atoms with Crippen LogP contribution in [0.3, 0.4) is 0 Å². The summed E-state index contributed by atoms with van der Waals surface area (Å²) in [5.41, 5.74) is 1.43. The quantitative estimate of drug-likeness (QED) is 0.422. The Morgan fingerprint density at radius 2 is 1.81 bits per heavy atom. The van der Waals surface area contributed by atoms with Crippen molar-refractivity contribution in [3.63, 3.8) is 0 Å². The number of hydrazine groups is 1. The minimum Gasteiger partial charge on any atom is -0.374 e. The van der Waals surface area contributed by atoms with E-state index in [0.29, 0.717) is 0 Å². The average Bonchev–Trinajstić information content (AvgIpc) is 3.11. The molecule has 2 atom stereocenters. The Hall–Kier alpha value is -2.24. The van der Waals surface area contributed by atoms with Gasteiger partial charge in [0, 0.05) is 28.1 Å². The molecule has 0 spiro atoms. The summed E-state index contributed by atoms with van der Waals surface area (Å²) >= 11 is 11.7. The van der Waals surface area contributed by atoms with Gasteiger partial charge in [-0.15, -0.1) is 0 Å². The van der Waals surface area contributed by atoms with E-state index in [9.17, 15) is 31.1 Å². The molecular formula is C19H15Cl2F6N3O2. The Balaban J connectivity index is 1.77. The lowest BCUT2D eigenvalue weighted by molar-refractivity contribution is -0.275. The molecule has 2 aliphatic rings. The fourth-order valence-electron chi connectivity index (χ4n) is 3.22. The minimum atomic E-state index is -4.87. The number of rotatable bonds is 5. The number of oxime groups is 1. The number of amides is 1. The molecule has 0 fully saturated rings. The van der Waals surface area contributed by atoms with Crippen LogP contribution < -0.4 is 10.9 Å². The highest BCUT2D eigenvalue weighted by atomic mass is 35.5. The van der Waals surface area contributed by atoms with Gasteiger partial charge in [0.15, 0.2) is 0 Å². The third-order valence-electron chi connectivity index (χ3n) is 4.67. The van der Waals surface area contributed by atoms with Crippen LogP contribution in [0.1, 0.15) is 24.8 Å². The van der Waals surface area contributed by atoms with Gasteiger partial charge in [-0.2, -0.15) is 26.3 Å². The number of nitrogens with zero attached hydrogens (tertiary/aromatic N) is 1. The van der Waals surface area contributed by atoms with Crippen LogP contribution in [0.5, 0.6) is 0 Å². The Bertz CT molecular complexity index is 970. The Morgan fingerprint density at radius 3 is 2.41 bits per heavy atom. The van der Waals surface area contributed by atoms with Crippen LogP contribution in [0.25, 0.3) is 0 Å². The maximum atomic E-state index is 14.1. The van der Waals surface area contributed by atoms with Gasteiger partial charge in [-0.1, -0.05) is 46.6 Å². The summed E-state index contributed by atoms with van der Waals surface area (Å²) in [6.07, 6.45) is -7.09. The lowest BCUT2D eigenvalue weighted by Crippen LogP contribution is -2.45. The van der Waals surface area contributed by atoms with Crippen LogP contribution in [0.15, 0.2) is 47.2 Å². The molecule has 0 bridgehead atoms. The first kappa shape index (κ1) is 24.4. The molecule has 32 heavy (non-hydrogen) atoms. The fraction of sp³-hybridized carbons (Fsp3) is 0.368. The molecule has 0 radical (unpaired) electrons. The number of benzene rings is 1. The van der Waals surface area contributed by atoms with Crippen molar-refractivity contribution in [1.82, 2.24) is 10.9 Å². The molecule has 1 amide bonds. The van der Waals surface area contributed by atoms with Crippen molar-refractivity contribution >= 4 is 34.8 Å². The molecule has 0 aromatic heterocycles.